The lowest BCUT2D eigenvalue weighted by Gasteiger charge is -2.12. The molecule has 0 aliphatic rings. The first-order valence-corrected chi connectivity index (χ1v) is 6.05. The van der Waals surface area contributed by atoms with Gasteiger partial charge >= 0.3 is 0 Å². The van der Waals surface area contributed by atoms with Crippen LogP contribution in [0.2, 0.25) is 0 Å². The Balaban J connectivity index is 2.69. The Morgan fingerprint density at radius 1 is 1.50 bits per heavy atom. The van der Waals surface area contributed by atoms with Gasteiger partial charge in [0.2, 0.25) is 0 Å². The van der Waals surface area contributed by atoms with Crippen LogP contribution in [-0.2, 0) is 0 Å². The minimum absolute atomic E-state index is 0.0269. The first-order chi connectivity index (χ1) is 7.54. The van der Waals surface area contributed by atoms with Crippen LogP contribution in [0.5, 0.6) is 0 Å². The van der Waals surface area contributed by atoms with Crippen LogP contribution >= 0.6 is 15.9 Å². The molecule has 1 atom stereocenters. The van der Waals surface area contributed by atoms with E-state index in [1.165, 1.54) is 0 Å². The third kappa shape index (κ3) is 3.61. The summed E-state index contributed by atoms with van der Waals surface area (Å²) < 4.78 is 0.921. The summed E-state index contributed by atoms with van der Waals surface area (Å²) >= 11 is 3.37. The molecule has 88 valence electrons. The van der Waals surface area contributed by atoms with E-state index >= 15 is 0 Å². The number of benzene rings is 1. The van der Waals surface area contributed by atoms with Crippen molar-refractivity contribution in [2.24, 2.45) is 0 Å². The molecule has 2 N–H and O–H groups in total. The monoisotopic (exact) mass is 284 g/mol. The van der Waals surface area contributed by atoms with E-state index in [2.05, 4.69) is 26.6 Å². The number of carbonyl (C=O) groups is 1. The van der Waals surface area contributed by atoms with Gasteiger partial charge in [0.1, 0.15) is 0 Å². The Kier molecular flexibility index (Phi) is 4.96. The summed E-state index contributed by atoms with van der Waals surface area (Å²) in [6, 6.07) is 5.98. The molecule has 0 aliphatic carbocycles. The average molecular weight is 285 g/mol. The zero-order valence-electron chi connectivity index (χ0n) is 9.80. The predicted octanol–water partition coefficient (Wildman–Crippen LogP) is 2.10. The molecule has 0 aliphatic heterocycles. The minimum Gasteiger partial charge on any atom is -0.350 e. The fourth-order valence-electron chi connectivity index (χ4n) is 1.28. The van der Waals surface area contributed by atoms with E-state index in [1.54, 1.807) is 0 Å². The van der Waals surface area contributed by atoms with Crippen LogP contribution in [0, 0.1) is 6.92 Å². The molecular formula is C12H17BrN2O. The molecule has 0 aromatic heterocycles. The number of rotatable bonds is 4. The Hall–Kier alpha value is -0.870. The highest BCUT2D eigenvalue weighted by atomic mass is 79.9. The number of halogens is 1. The summed E-state index contributed by atoms with van der Waals surface area (Å²) in [5.74, 6) is -0.0269. The predicted molar refractivity (Wildman–Crippen MR) is 69.7 cm³/mol. The van der Waals surface area contributed by atoms with Crippen LogP contribution < -0.4 is 10.6 Å². The fourth-order valence-corrected chi connectivity index (χ4v) is 1.64. The molecule has 0 fully saturated rings. The summed E-state index contributed by atoms with van der Waals surface area (Å²) in [4.78, 5) is 11.9. The molecule has 1 rings (SSSR count). The van der Waals surface area contributed by atoms with Gasteiger partial charge in [0.25, 0.3) is 5.91 Å². The number of hydrogen-bond acceptors (Lipinski definition) is 2. The third-order valence-electron chi connectivity index (χ3n) is 2.51. The summed E-state index contributed by atoms with van der Waals surface area (Å²) in [6.07, 6.45) is 0. The first-order valence-electron chi connectivity index (χ1n) is 5.26. The molecule has 1 unspecified atom stereocenters. The molecule has 0 saturated carbocycles. The van der Waals surface area contributed by atoms with Crippen LogP contribution in [0.3, 0.4) is 0 Å². The molecular weight excluding hydrogens is 268 g/mol. The van der Waals surface area contributed by atoms with Crippen LogP contribution in [0.4, 0.5) is 0 Å². The van der Waals surface area contributed by atoms with Crippen molar-refractivity contribution in [2.75, 3.05) is 13.6 Å². The second-order valence-electron chi connectivity index (χ2n) is 3.86. The van der Waals surface area contributed by atoms with Gasteiger partial charge in [-0.1, -0.05) is 22.0 Å². The van der Waals surface area contributed by atoms with Gasteiger partial charge in [-0.3, -0.25) is 4.79 Å². The van der Waals surface area contributed by atoms with Crippen molar-refractivity contribution in [3.05, 3.63) is 33.8 Å². The minimum atomic E-state index is -0.0269. The summed E-state index contributed by atoms with van der Waals surface area (Å²) in [5.41, 5.74) is 1.70. The lowest BCUT2D eigenvalue weighted by Crippen LogP contribution is -2.37. The quantitative estimate of drug-likeness (QED) is 0.889. The number of amides is 1. The molecule has 1 aromatic rings. The normalized spacial score (nSPS) is 12.2. The Bertz CT molecular complexity index is 379. The molecule has 3 nitrogen and oxygen atoms in total. The molecule has 0 bridgehead atoms. The highest BCUT2D eigenvalue weighted by molar-refractivity contribution is 9.10. The Labute approximate surface area is 105 Å². The second kappa shape index (κ2) is 6.01. The van der Waals surface area contributed by atoms with E-state index in [0.717, 1.165) is 15.6 Å². The maximum absolute atomic E-state index is 11.9. The fraction of sp³-hybridized carbons (Fsp3) is 0.417. The van der Waals surface area contributed by atoms with Crippen LogP contribution in [0.1, 0.15) is 22.8 Å². The summed E-state index contributed by atoms with van der Waals surface area (Å²) in [7, 11) is 1.88. The van der Waals surface area contributed by atoms with Crippen LogP contribution in [0.15, 0.2) is 22.7 Å². The number of aryl methyl sites for hydroxylation is 1. The van der Waals surface area contributed by atoms with E-state index < -0.39 is 0 Å². The van der Waals surface area contributed by atoms with E-state index in [4.69, 9.17) is 0 Å². The van der Waals surface area contributed by atoms with Crippen molar-refractivity contribution in [3.8, 4) is 0 Å². The van der Waals surface area contributed by atoms with Gasteiger partial charge in [-0.15, -0.1) is 0 Å². The van der Waals surface area contributed by atoms with Gasteiger partial charge in [-0.2, -0.15) is 0 Å². The Morgan fingerprint density at radius 2 is 2.19 bits per heavy atom. The van der Waals surface area contributed by atoms with Crippen molar-refractivity contribution in [3.63, 3.8) is 0 Å². The topological polar surface area (TPSA) is 41.1 Å². The van der Waals surface area contributed by atoms with E-state index in [1.807, 2.05) is 39.1 Å². The second-order valence-corrected chi connectivity index (χ2v) is 4.77. The molecule has 1 aromatic carbocycles. The molecule has 0 heterocycles. The zero-order chi connectivity index (χ0) is 12.1. The smallest absolute Gasteiger partial charge is 0.251 e. The van der Waals surface area contributed by atoms with Gasteiger partial charge in [-0.05, 0) is 38.6 Å². The lowest BCUT2D eigenvalue weighted by atomic mass is 10.1. The largest absolute Gasteiger partial charge is 0.350 e. The highest BCUT2D eigenvalue weighted by Gasteiger charge is 2.09. The van der Waals surface area contributed by atoms with Crippen molar-refractivity contribution in [1.82, 2.24) is 10.6 Å². The standard InChI is InChI=1S/C12H17BrN2O/c1-8-4-5-10(13)6-11(8)12(16)15-7-9(2)14-3/h4-6,9,14H,7H2,1-3H3,(H,15,16). The van der Waals surface area contributed by atoms with Gasteiger partial charge < -0.3 is 10.6 Å². The zero-order valence-corrected chi connectivity index (χ0v) is 11.4. The number of nitrogens with one attached hydrogen (secondary N) is 2. The van der Waals surface area contributed by atoms with E-state index in [0.29, 0.717) is 6.54 Å². The first kappa shape index (κ1) is 13.2. The van der Waals surface area contributed by atoms with Crippen molar-refractivity contribution < 1.29 is 4.79 Å². The average Bonchev–Trinajstić information content (AvgIpc) is 2.28. The SMILES string of the molecule is CNC(C)CNC(=O)c1cc(Br)ccc1C. The molecule has 1 amide bonds. The number of carbonyl (C=O) groups excluding carboxylic acids is 1. The van der Waals surface area contributed by atoms with Gasteiger partial charge in [0, 0.05) is 22.6 Å². The molecule has 0 saturated heterocycles. The Morgan fingerprint density at radius 3 is 2.81 bits per heavy atom. The van der Waals surface area contributed by atoms with E-state index in [9.17, 15) is 4.79 Å². The summed E-state index contributed by atoms with van der Waals surface area (Å²) in [6.45, 7) is 4.58. The maximum Gasteiger partial charge on any atom is 0.251 e. The lowest BCUT2D eigenvalue weighted by molar-refractivity contribution is 0.0950. The van der Waals surface area contributed by atoms with Gasteiger partial charge in [0.05, 0.1) is 0 Å². The molecule has 0 spiro atoms. The molecule has 4 heteroatoms. The maximum atomic E-state index is 11.9. The van der Waals surface area contributed by atoms with Crippen LogP contribution in [0.25, 0.3) is 0 Å². The summed E-state index contributed by atoms with van der Waals surface area (Å²) in [5, 5.41) is 5.97. The third-order valence-corrected chi connectivity index (χ3v) is 3.00. The molecule has 0 radical (unpaired) electrons. The van der Waals surface area contributed by atoms with Crippen molar-refractivity contribution >= 4 is 21.8 Å². The van der Waals surface area contributed by atoms with Gasteiger partial charge in [0.15, 0.2) is 0 Å². The van der Waals surface area contributed by atoms with Crippen LogP contribution in [-0.4, -0.2) is 25.5 Å². The van der Waals surface area contributed by atoms with Crippen molar-refractivity contribution in [2.45, 2.75) is 19.9 Å². The van der Waals surface area contributed by atoms with E-state index in [-0.39, 0.29) is 11.9 Å². The number of hydrogen-bond donors (Lipinski definition) is 2. The molecule has 16 heavy (non-hydrogen) atoms. The van der Waals surface area contributed by atoms with Gasteiger partial charge in [-0.25, -0.2) is 0 Å². The van der Waals surface area contributed by atoms with Crippen molar-refractivity contribution in [1.29, 1.82) is 0 Å². The number of likely N-dealkylation sites (N-methyl/N-ethyl adjacent to an activating group) is 1. The highest BCUT2D eigenvalue weighted by Crippen LogP contribution is 2.15.